The minimum Gasteiger partial charge on any atom is -0.481 e. The van der Waals surface area contributed by atoms with Gasteiger partial charge in [0.15, 0.2) is 0 Å². The number of ether oxygens (including phenoxy) is 1. The molecule has 2 aromatic rings. The molecule has 9 heteroatoms. The van der Waals surface area contributed by atoms with Gasteiger partial charge in [-0.1, -0.05) is 35.5 Å². The Hall–Kier alpha value is -4.01. The van der Waals surface area contributed by atoms with E-state index in [4.69, 9.17) is 9.26 Å². The van der Waals surface area contributed by atoms with Crippen LogP contribution in [0, 0.1) is 5.41 Å². The minimum atomic E-state index is -0.883. The third-order valence-corrected chi connectivity index (χ3v) is 5.53. The number of aromatic nitrogens is 1. The van der Waals surface area contributed by atoms with Crippen LogP contribution >= 0.6 is 0 Å². The molecule has 1 atom stereocenters. The van der Waals surface area contributed by atoms with Crippen LogP contribution in [0.2, 0.25) is 0 Å². The van der Waals surface area contributed by atoms with Gasteiger partial charge in [-0.05, 0) is 37.5 Å². The van der Waals surface area contributed by atoms with Crippen molar-refractivity contribution in [2.45, 2.75) is 25.9 Å². The number of anilines is 1. The summed E-state index contributed by atoms with van der Waals surface area (Å²) in [5, 5.41) is 15.8. The van der Waals surface area contributed by atoms with Crippen LogP contribution in [-0.4, -0.2) is 33.7 Å². The van der Waals surface area contributed by atoms with E-state index in [1.807, 2.05) is 30.3 Å². The first-order chi connectivity index (χ1) is 15.0. The van der Waals surface area contributed by atoms with E-state index in [9.17, 15) is 14.7 Å². The summed E-state index contributed by atoms with van der Waals surface area (Å²) < 4.78 is 10.7. The molecule has 2 N–H and O–H groups in total. The van der Waals surface area contributed by atoms with Crippen molar-refractivity contribution < 1.29 is 24.0 Å². The number of amides is 1. The van der Waals surface area contributed by atoms with E-state index in [1.54, 1.807) is 19.1 Å². The fourth-order valence-corrected chi connectivity index (χ4v) is 3.58. The molecule has 3 aliphatic rings. The number of aliphatic carboxylic acids is 1. The van der Waals surface area contributed by atoms with Gasteiger partial charge < -0.3 is 14.4 Å². The fourth-order valence-electron chi connectivity index (χ4n) is 3.58. The van der Waals surface area contributed by atoms with Crippen molar-refractivity contribution in [1.82, 2.24) is 5.16 Å². The number of rotatable bonds is 6. The summed E-state index contributed by atoms with van der Waals surface area (Å²) in [5.41, 5.74) is 2.41. The van der Waals surface area contributed by atoms with E-state index < -0.39 is 23.6 Å². The minimum absolute atomic E-state index is 0.267. The average Bonchev–Trinajstić information content (AvgIpc) is 3.05. The van der Waals surface area contributed by atoms with Gasteiger partial charge in [-0.3, -0.25) is 10.1 Å². The molecule has 156 valence electrons. The van der Waals surface area contributed by atoms with Gasteiger partial charge in [-0.25, -0.2) is 14.8 Å². The van der Waals surface area contributed by atoms with Gasteiger partial charge in [-0.15, -0.1) is 0 Å². The summed E-state index contributed by atoms with van der Waals surface area (Å²) in [5.74, 6) is -0.596. The Balaban J connectivity index is 1.29. The monoisotopic (exact) mass is 418 g/mol. The van der Waals surface area contributed by atoms with Gasteiger partial charge in [0.25, 0.3) is 0 Å². The van der Waals surface area contributed by atoms with Gasteiger partial charge in [0.05, 0.1) is 23.3 Å². The molecule has 0 radical (unpaired) electrons. The zero-order valence-electron chi connectivity index (χ0n) is 16.5. The first-order valence-electron chi connectivity index (χ1n) is 9.79. The molecule has 0 spiro atoms. The molecule has 0 saturated heterocycles. The predicted octanol–water partition coefficient (Wildman–Crippen LogP) is 3.98. The maximum Gasteiger partial charge on any atom is 0.412 e. The molecule has 1 aromatic heterocycles. The molecule has 1 aliphatic carbocycles. The second kappa shape index (κ2) is 7.05. The van der Waals surface area contributed by atoms with Crippen LogP contribution in [-0.2, 0) is 9.53 Å². The van der Waals surface area contributed by atoms with Crippen molar-refractivity contribution in [2.75, 3.05) is 5.32 Å². The molecule has 31 heavy (non-hydrogen) atoms. The molecule has 1 unspecified atom stereocenters. The molecular weight excluding hydrogens is 400 g/mol. The average molecular weight is 418 g/mol. The number of hydrogen-bond acceptors (Lipinski definition) is 7. The lowest BCUT2D eigenvalue weighted by Gasteiger charge is -2.13. The number of carbonyl (C=O) groups excluding carboxylic acids is 1. The number of carboxylic acid groups (broad SMARTS) is 1. The van der Waals surface area contributed by atoms with Crippen molar-refractivity contribution >= 4 is 34.9 Å². The molecule has 2 aliphatic heterocycles. The number of fused-ring (bicyclic) bond motifs is 1. The maximum atomic E-state index is 12.3. The van der Waals surface area contributed by atoms with Gasteiger partial charge in [0.2, 0.25) is 5.76 Å². The molecule has 1 aromatic carbocycles. The van der Waals surface area contributed by atoms with Crippen LogP contribution < -0.4 is 5.32 Å². The summed E-state index contributed by atoms with van der Waals surface area (Å²) in [7, 11) is 0. The van der Waals surface area contributed by atoms with E-state index in [0.717, 1.165) is 5.56 Å². The lowest BCUT2D eigenvalue weighted by Crippen LogP contribution is -2.16. The molecule has 1 fully saturated rings. The number of nitrogens with zero attached hydrogens (tertiary/aromatic N) is 3. The van der Waals surface area contributed by atoms with Crippen molar-refractivity contribution in [3.05, 3.63) is 65.7 Å². The summed E-state index contributed by atoms with van der Waals surface area (Å²) in [6.07, 6.45) is 4.81. The topological polar surface area (TPSA) is 126 Å². The van der Waals surface area contributed by atoms with E-state index in [0.29, 0.717) is 41.3 Å². The van der Waals surface area contributed by atoms with Gasteiger partial charge in [0, 0.05) is 0 Å². The smallest absolute Gasteiger partial charge is 0.412 e. The Kier molecular flexibility index (Phi) is 4.32. The molecule has 5 rings (SSSR count). The number of carbonyl (C=O) groups is 2. The molecular formula is C22H18N4O5. The first kappa shape index (κ1) is 19.0. The Labute approximate surface area is 176 Å². The normalized spacial score (nSPS) is 18.9. The van der Waals surface area contributed by atoms with Gasteiger partial charge >= 0.3 is 12.1 Å². The molecule has 1 amide bonds. The number of hydrogen-bond donors (Lipinski definition) is 2. The Bertz CT molecular complexity index is 1200. The van der Waals surface area contributed by atoms with E-state index in [2.05, 4.69) is 20.5 Å². The van der Waals surface area contributed by atoms with Crippen molar-refractivity contribution in [3.8, 4) is 0 Å². The van der Waals surface area contributed by atoms with Crippen LogP contribution in [0.5, 0.6) is 0 Å². The summed E-state index contributed by atoms with van der Waals surface area (Å²) in [6, 6.07) is 9.38. The van der Waals surface area contributed by atoms with E-state index in [1.165, 1.54) is 6.20 Å². The number of carboxylic acids is 1. The third kappa shape index (κ3) is 3.33. The van der Waals surface area contributed by atoms with Crippen molar-refractivity contribution in [1.29, 1.82) is 0 Å². The highest BCUT2D eigenvalue weighted by Gasteiger charge is 2.55. The lowest BCUT2D eigenvalue weighted by atomic mass is 10.0. The van der Waals surface area contributed by atoms with Gasteiger partial charge in [-0.2, -0.15) is 0 Å². The second-order valence-corrected chi connectivity index (χ2v) is 7.59. The third-order valence-electron chi connectivity index (χ3n) is 5.53. The predicted molar refractivity (Wildman–Crippen MR) is 112 cm³/mol. The molecule has 0 bridgehead atoms. The highest BCUT2D eigenvalue weighted by Crippen LogP contribution is 2.54. The summed E-state index contributed by atoms with van der Waals surface area (Å²) in [6.45, 7) is 1.78. The van der Waals surface area contributed by atoms with Crippen LogP contribution in [0.3, 0.4) is 0 Å². The molecule has 9 nitrogen and oxygen atoms in total. The largest absolute Gasteiger partial charge is 0.481 e. The summed E-state index contributed by atoms with van der Waals surface area (Å²) >= 11 is 0. The molecule has 3 heterocycles. The number of nitrogens with one attached hydrogen (secondary N) is 1. The summed E-state index contributed by atoms with van der Waals surface area (Å²) in [4.78, 5) is 32.8. The highest BCUT2D eigenvalue weighted by atomic mass is 16.6. The number of benzene rings is 1. The van der Waals surface area contributed by atoms with Crippen LogP contribution in [0.25, 0.3) is 5.70 Å². The van der Waals surface area contributed by atoms with Crippen LogP contribution in [0.4, 0.5) is 10.5 Å². The Morgan fingerprint density at radius 3 is 2.58 bits per heavy atom. The fraction of sp³-hybridized carbons (Fsp3) is 0.227. The number of aliphatic imine (C=N–C) groups is 2. The van der Waals surface area contributed by atoms with Crippen molar-refractivity contribution in [2.24, 2.45) is 15.4 Å². The number of allylic oxidation sites excluding steroid dienone is 2. The highest BCUT2D eigenvalue weighted by molar-refractivity contribution is 6.55. The van der Waals surface area contributed by atoms with Crippen LogP contribution in [0.1, 0.15) is 37.2 Å². The zero-order chi connectivity index (χ0) is 21.6. The molecule has 1 saturated carbocycles. The standard InChI is InChI=1S/C22H18N4O5/c1-12(13-5-3-2-4-6-13)30-21(29)26-17-11-23-31-19(17)16-9-14-15(24-16)10-18(25-14)22(7-8-22)20(27)28/h2-6,9-12H,7-8H2,1H3,(H,26,29)(H,27,28). The first-order valence-corrected chi connectivity index (χ1v) is 9.79. The van der Waals surface area contributed by atoms with Crippen molar-refractivity contribution in [3.63, 3.8) is 0 Å². The maximum absolute atomic E-state index is 12.3. The van der Waals surface area contributed by atoms with Gasteiger partial charge in [0.1, 0.15) is 22.9 Å². The Morgan fingerprint density at radius 2 is 1.90 bits per heavy atom. The second-order valence-electron chi connectivity index (χ2n) is 7.59. The quantitative estimate of drug-likeness (QED) is 0.731. The lowest BCUT2D eigenvalue weighted by molar-refractivity contribution is -0.141. The van der Waals surface area contributed by atoms with E-state index >= 15 is 0 Å². The Morgan fingerprint density at radius 1 is 1.16 bits per heavy atom. The SMILES string of the molecule is CC(OC(=O)Nc1cnoc1C1=CC2=NC(C3(C(=O)O)CC3)=CC2=N1)c1ccccc1. The van der Waals surface area contributed by atoms with Crippen LogP contribution in [0.15, 0.2) is 68.9 Å². The zero-order valence-corrected chi connectivity index (χ0v) is 16.5. The van der Waals surface area contributed by atoms with E-state index in [-0.39, 0.29) is 5.76 Å².